The lowest BCUT2D eigenvalue weighted by molar-refractivity contribution is -0.216. The van der Waals surface area contributed by atoms with Crippen LogP contribution in [-0.4, -0.2) is 60.6 Å². The van der Waals surface area contributed by atoms with E-state index in [9.17, 15) is 14.4 Å². The van der Waals surface area contributed by atoms with E-state index in [0.29, 0.717) is 6.42 Å². The van der Waals surface area contributed by atoms with Crippen LogP contribution in [-0.2, 0) is 33.3 Å². The Morgan fingerprint density at radius 1 is 1.09 bits per heavy atom. The first kappa shape index (κ1) is 18.4. The first-order chi connectivity index (χ1) is 10.3. The second kappa shape index (κ2) is 8.70. The molecule has 1 aliphatic rings. The number of rotatable bonds is 6. The molecule has 0 aliphatic carbocycles. The van der Waals surface area contributed by atoms with Crippen LogP contribution in [0.15, 0.2) is 0 Å². The van der Waals surface area contributed by atoms with Crippen LogP contribution in [0.1, 0.15) is 33.6 Å². The maximum atomic E-state index is 11.3. The minimum atomic E-state index is -0.865. The Morgan fingerprint density at radius 2 is 1.73 bits per heavy atom. The number of esters is 3. The fourth-order valence-corrected chi connectivity index (χ4v) is 2.35. The molecule has 8 nitrogen and oxygen atoms in total. The first-order valence-corrected chi connectivity index (χ1v) is 7.07. The van der Waals surface area contributed by atoms with E-state index in [1.54, 1.807) is 0 Å². The number of hydrogen-bond acceptors (Lipinski definition) is 8. The van der Waals surface area contributed by atoms with Crippen LogP contribution in [0.5, 0.6) is 0 Å². The van der Waals surface area contributed by atoms with E-state index in [1.807, 2.05) is 0 Å². The zero-order valence-electron chi connectivity index (χ0n) is 12.9. The number of carbonyl (C=O) groups is 3. The molecule has 1 saturated heterocycles. The predicted octanol–water partition coefficient (Wildman–Crippen LogP) is -0.0472. The minimum absolute atomic E-state index is 0.101. The van der Waals surface area contributed by atoms with Gasteiger partial charge in [-0.3, -0.25) is 14.4 Å². The summed E-state index contributed by atoms with van der Waals surface area (Å²) in [6.45, 7) is 3.50. The average Bonchev–Trinajstić information content (AvgIpc) is 2.38. The van der Waals surface area contributed by atoms with Crippen molar-refractivity contribution >= 4 is 17.9 Å². The molecule has 4 unspecified atom stereocenters. The van der Waals surface area contributed by atoms with E-state index in [-0.39, 0.29) is 25.7 Å². The van der Waals surface area contributed by atoms with Gasteiger partial charge in [-0.05, 0) is 6.42 Å². The van der Waals surface area contributed by atoms with Crippen molar-refractivity contribution in [2.24, 2.45) is 0 Å². The van der Waals surface area contributed by atoms with Crippen LogP contribution in [0.3, 0.4) is 0 Å². The highest BCUT2D eigenvalue weighted by Gasteiger charge is 2.43. The molecule has 0 spiro atoms. The molecule has 4 atom stereocenters. The highest BCUT2D eigenvalue weighted by atomic mass is 16.6. The second-order valence-electron chi connectivity index (χ2n) is 5.07. The number of aliphatic hydroxyl groups is 1. The van der Waals surface area contributed by atoms with E-state index in [4.69, 9.17) is 24.1 Å². The molecule has 126 valence electrons. The van der Waals surface area contributed by atoms with Gasteiger partial charge in [0.1, 0.15) is 18.8 Å². The van der Waals surface area contributed by atoms with Crippen molar-refractivity contribution in [2.45, 2.75) is 58.0 Å². The summed E-state index contributed by atoms with van der Waals surface area (Å²) in [6, 6.07) is 0. The van der Waals surface area contributed by atoms with Crippen LogP contribution < -0.4 is 0 Å². The molecule has 0 amide bonds. The van der Waals surface area contributed by atoms with Crippen molar-refractivity contribution in [1.29, 1.82) is 0 Å². The smallest absolute Gasteiger partial charge is 0.303 e. The Bertz CT molecular complexity index is 408. The van der Waals surface area contributed by atoms with Gasteiger partial charge < -0.3 is 24.1 Å². The lowest BCUT2D eigenvalue weighted by atomic mass is 9.96. The molecule has 1 rings (SSSR count). The van der Waals surface area contributed by atoms with Crippen molar-refractivity contribution in [3.05, 3.63) is 0 Å². The fourth-order valence-electron chi connectivity index (χ4n) is 2.35. The van der Waals surface area contributed by atoms with Crippen LogP contribution >= 0.6 is 0 Å². The Morgan fingerprint density at radius 3 is 2.23 bits per heavy atom. The summed E-state index contributed by atoms with van der Waals surface area (Å²) in [5.74, 6) is -1.57. The van der Waals surface area contributed by atoms with Gasteiger partial charge in [0.05, 0.1) is 6.10 Å². The highest BCUT2D eigenvalue weighted by Crippen LogP contribution is 2.27. The number of ether oxygens (including phenoxy) is 4. The Balaban J connectivity index is 2.89. The standard InChI is InChI=1S/C14H22O8/c1-8(16)19-7-13-14(21-10(3)18)12(20-9(2)17)6-11(22-13)4-5-15/h11-15H,4-7H2,1-3H3. The monoisotopic (exact) mass is 318 g/mol. The third kappa shape index (κ3) is 5.98. The van der Waals surface area contributed by atoms with Crippen molar-refractivity contribution in [3.8, 4) is 0 Å². The van der Waals surface area contributed by atoms with Crippen LogP contribution in [0.2, 0.25) is 0 Å². The highest BCUT2D eigenvalue weighted by molar-refractivity contribution is 5.67. The van der Waals surface area contributed by atoms with Gasteiger partial charge in [0.25, 0.3) is 0 Å². The van der Waals surface area contributed by atoms with Gasteiger partial charge in [-0.15, -0.1) is 0 Å². The molecule has 0 aromatic rings. The molecule has 1 heterocycles. The molecule has 22 heavy (non-hydrogen) atoms. The Kier molecular flexibility index (Phi) is 7.26. The van der Waals surface area contributed by atoms with E-state index >= 15 is 0 Å². The third-order valence-electron chi connectivity index (χ3n) is 3.12. The quantitative estimate of drug-likeness (QED) is 0.536. The van der Waals surface area contributed by atoms with E-state index < -0.39 is 36.2 Å². The van der Waals surface area contributed by atoms with Gasteiger partial charge in [0, 0.05) is 33.8 Å². The molecule has 0 aromatic heterocycles. The summed E-state index contributed by atoms with van der Waals surface area (Å²) >= 11 is 0. The van der Waals surface area contributed by atoms with Gasteiger partial charge in [0.15, 0.2) is 6.10 Å². The van der Waals surface area contributed by atoms with Gasteiger partial charge in [0.2, 0.25) is 0 Å². The largest absolute Gasteiger partial charge is 0.463 e. The number of carbonyl (C=O) groups excluding carboxylic acids is 3. The minimum Gasteiger partial charge on any atom is -0.463 e. The second-order valence-corrected chi connectivity index (χ2v) is 5.07. The molecule has 8 heteroatoms. The molecular weight excluding hydrogens is 296 g/mol. The van der Waals surface area contributed by atoms with Gasteiger partial charge >= 0.3 is 17.9 Å². The predicted molar refractivity (Wildman–Crippen MR) is 72.7 cm³/mol. The Hall–Kier alpha value is -1.67. The Labute approximate surface area is 128 Å². The van der Waals surface area contributed by atoms with E-state index in [2.05, 4.69) is 0 Å². The fraction of sp³-hybridized carbons (Fsp3) is 0.786. The molecule has 0 saturated carbocycles. The van der Waals surface area contributed by atoms with Crippen LogP contribution in [0, 0.1) is 0 Å². The number of hydrogen-bond donors (Lipinski definition) is 1. The third-order valence-corrected chi connectivity index (χ3v) is 3.12. The first-order valence-electron chi connectivity index (χ1n) is 7.07. The lowest BCUT2D eigenvalue weighted by Crippen LogP contribution is -2.53. The summed E-state index contributed by atoms with van der Waals surface area (Å²) in [5, 5.41) is 9.04. The maximum Gasteiger partial charge on any atom is 0.303 e. The van der Waals surface area contributed by atoms with Crippen molar-refractivity contribution in [2.75, 3.05) is 13.2 Å². The molecule has 0 radical (unpaired) electrons. The SMILES string of the molecule is CC(=O)OCC1OC(CCO)CC(OC(C)=O)C1OC(C)=O. The normalized spacial score (nSPS) is 27.8. The molecule has 1 fully saturated rings. The van der Waals surface area contributed by atoms with Gasteiger partial charge in [-0.1, -0.05) is 0 Å². The zero-order chi connectivity index (χ0) is 16.7. The summed E-state index contributed by atoms with van der Waals surface area (Å²) in [4.78, 5) is 33.5. The van der Waals surface area contributed by atoms with Gasteiger partial charge in [-0.25, -0.2) is 0 Å². The zero-order valence-corrected chi connectivity index (χ0v) is 12.9. The topological polar surface area (TPSA) is 108 Å². The average molecular weight is 318 g/mol. The van der Waals surface area contributed by atoms with Crippen LogP contribution in [0.4, 0.5) is 0 Å². The van der Waals surface area contributed by atoms with Gasteiger partial charge in [-0.2, -0.15) is 0 Å². The number of aliphatic hydroxyl groups excluding tert-OH is 1. The van der Waals surface area contributed by atoms with E-state index in [0.717, 1.165) is 0 Å². The van der Waals surface area contributed by atoms with Crippen molar-refractivity contribution < 1.29 is 38.4 Å². The molecule has 1 aliphatic heterocycles. The molecular formula is C14H22O8. The summed E-state index contributed by atoms with van der Waals surface area (Å²) in [6.07, 6.45) is -2.11. The molecule has 0 bridgehead atoms. The van der Waals surface area contributed by atoms with Crippen LogP contribution in [0.25, 0.3) is 0 Å². The summed E-state index contributed by atoms with van der Waals surface area (Å²) in [7, 11) is 0. The summed E-state index contributed by atoms with van der Waals surface area (Å²) in [5.41, 5.74) is 0. The van der Waals surface area contributed by atoms with Crippen molar-refractivity contribution in [1.82, 2.24) is 0 Å². The lowest BCUT2D eigenvalue weighted by Gasteiger charge is -2.40. The van der Waals surface area contributed by atoms with Crippen molar-refractivity contribution in [3.63, 3.8) is 0 Å². The van der Waals surface area contributed by atoms with E-state index in [1.165, 1.54) is 20.8 Å². The summed E-state index contributed by atoms with van der Waals surface area (Å²) < 4.78 is 21.0. The molecule has 1 N–H and O–H groups in total. The maximum absolute atomic E-state index is 11.3. The molecule has 0 aromatic carbocycles.